The molecule has 0 spiro atoms. The third-order valence-corrected chi connectivity index (χ3v) is 3.72. The van der Waals surface area contributed by atoms with Gasteiger partial charge in [0.2, 0.25) is 0 Å². The molecule has 0 saturated heterocycles. The Morgan fingerprint density at radius 1 is 1.35 bits per heavy atom. The Balaban J connectivity index is 2.63. The van der Waals surface area contributed by atoms with Gasteiger partial charge in [-0.1, -0.05) is 32.6 Å². The van der Waals surface area contributed by atoms with E-state index in [-0.39, 0.29) is 12.4 Å². The average molecular weight is 231 g/mol. The number of hydrogen-bond donors (Lipinski definition) is 1. The molecule has 0 amide bonds. The summed E-state index contributed by atoms with van der Waals surface area (Å²) in [5.41, 5.74) is 8.93. The Labute approximate surface area is 102 Å². The number of nitrogens with two attached hydrogens (primary N) is 1. The van der Waals surface area contributed by atoms with Gasteiger partial charge in [-0.2, -0.15) is 0 Å². The van der Waals surface area contributed by atoms with Gasteiger partial charge in [-0.15, -0.1) is 0 Å². The third kappa shape index (κ3) is 2.05. The fraction of sp³-hybridized carbons (Fsp3) is 0.333. The topological polar surface area (TPSA) is 26.0 Å². The SMILES string of the molecule is C=C1c2cc(F)c(CN)c(c2)/C=C/C(C)[C@@H]1C. The van der Waals surface area contributed by atoms with Gasteiger partial charge in [0, 0.05) is 12.1 Å². The molecule has 0 heterocycles. The van der Waals surface area contributed by atoms with Gasteiger partial charge in [-0.25, -0.2) is 4.39 Å². The number of allylic oxidation sites excluding steroid dienone is 2. The highest BCUT2D eigenvalue weighted by Crippen LogP contribution is 2.33. The van der Waals surface area contributed by atoms with E-state index in [1.165, 1.54) is 0 Å². The van der Waals surface area contributed by atoms with Crippen molar-refractivity contribution in [3.8, 4) is 0 Å². The predicted molar refractivity (Wildman–Crippen MR) is 70.7 cm³/mol. The van der Waals surface area contributed by atoms with Crippen molar-refractivity contribution in [3.63, 3.8) is 0 Å². The summed E-state index contributed by atoms with van der Waals surface area (Å²) in [6.45, 7) is 8.58. The normalized spacial score (nSPS) is 25.3. The Bertz CT molecular complexity index is 488. The van der Waals surface area contributed by atoms with Crippen molar-refractivity contribution in [3.05, 3.63) is 47.3 Å². The highest BCUT2D eigenvalue weighted by molar-refractivity contribution is 5.71. The summed E-state index contributed by atoms with van der Waals surface area (Å²) in [4.78, 5) is 0. The number of hydrogen-bond acceptors (Lipinski definition) is 1. The maximum atomic E-state index is 13.9. The maximum Gasteiger partial charge on any atom is 0.128 e. The molecule has 1 aliphatic rings. The summed E-state index contributed by atoms with van der Waals surface area (Å²) in [6, 6.07) is 3.53. The van der Waals surface area contributed by atoms with Crippen LogP contribution in [0.1, 0.15) is 30.5 Å². The van der Waals surface area contributed by atoms with E-state index in [0.29, 0.717) is 17.4 Å². The highest BCUT2D eigenvalue weighted by Gasteiger charge is 2.19. The van der Waals surface area contributed by atoms with Crippen LogP contribution in [0.2, 0.25) is 0 Å². The molecular formula is C15H18FN. The van der Waals surface area contributed by atoms with Crippen LogP contribution in [0.3, 0.4) is 0 Å². The van der Waals surface area contributed by atoms with Gasteiger partial charge >= 0.3 is 0 Å². The van der Waals surface area contributed by atoms with Crippen molar-refractivity contribution in [1.29, 1.82) is 0 Å². The summed E-state index contributed by atoms with van der Waals surface area (Å²) in [5.74, 6) is 0.491. The van der Waals surface area contributed by atoms with Gasteiger partial charge in [0.25, 0.3) is 0 Å². The zero-order chi connectivity index (χ0) is 12.6. The maximum absolute atomic E-state index is 13.9. The van der Waals surface area contributed by atoms with Crippen LogP contribution in [0.4, 0.5) is 4.39 Å². The molecule has 1 aliphatic carbocycles. The Kier molecular flexibility index (Phi) is 3.16. The number of halogens is 1. The molecule has 17 heavy (non-hydrogen) atoms. The fourth-order valence-electron chi connectivity index (χ4n) is 2.21. The minimum Gasteiger partial charge on any atom is -0.326 e. The summed E-state index contributed by atoms with van der Waals surface area (Å²) < 4.78 is 13.9. The van der Waals surface area contributed by atoms with Crippen LogP contribution in [0, 0.1) is 17.7 Å². The molecule has 0 aliphatic heterocycles. The van der Waals surface area contributed by atoms with Crippen LogP contribution < -0.4 is 5.73 Å². The van der Waals surface area contributed by atoms with E-state index in [1.54, 1.807) is 6.07 Å². The molecule has 2 rings (SSSR count). The molecule has 1 aromatic carbocycles. The van der Waals surface area contributed by atoms with Crippen LogP contribution in [-0.2, 0) is 6.54 Å². The molecule has 1 unspecified atom stereocenters. The predicted octanol–water partition coefficient (Wildman–Crippen LogP) is 3.60. The van der Waals surface area contributed by atoms with Gasteiger partial charge in [0.1, 0.15) is 5.82 Å². The summed E-state index contributed by atoms with van der Waals surface area (Å²) in [6.07, 6.45) is 4.08. The lowest BCUT2D eigenvalue weighted by molar-refractivity contribution is 0.572. The molecule has 0 aromatic heterocycles. The van der Waals surface area contributed by atoms with Crippen LogP contribution in [0.5, 0.6) is 0 Å². The van der Waals surface area contributed by atoms with Crippen molar-refractivity contribution in [2.24, 2.45) is 17.6 Å². The first-order chi connectivity index (χ1) is 8.04. The van der Waals surface area contributed by atoms with Crippen molar-refractivity contribution in [2.45, 2.75) is 20.4 Å². The first-order valence-corrected chi connectivity index (χ1v) is 5.94. The second-order valence-corrected chi connectivity index (χ2v) is 4.76. The van der Waals surface area contributed by atoms with Crippen LogP contribution >= 0.6 is 0 Å². The molecule has 0 fully saturated rings. The van der Waals surface area contributed by atoms with Crippen LogP contribution in [0.25, 0.3) is 11.6 Å². The molecule has 2 bridgehead atoms. The molecule has 0 saturated carbocycles. The van der Waals surface area contributed by atoms with Crippen molar-refractivity contribution >= 4 is 11.6 Å². The molecule has 1 nitrogen and oxygen atoms in total. The highest BCUT2D eigenvalue weighted by atomic mass is 19.1. The second-order valence-electron chi connectivity index (χ2n) is 4.76. The van der Waals surface area contributed by atoms with Crippen LogP contribution in [-0.4, -0.2) is 0 Å². The van der Waals surface area contributed by atoms with Gasteiger partial charge in [-0.3, -0.25) is 0 Å². The Morgan fingerprint density at radius 3 is 2.71 bits per heavy atom. The molecule has 2 N–H and O–H groups in total. The van der Waals surface area contributed by atoms with Crippen molar-refractivity contribution in [2.75, 3.05) is 0 Å². The van der Waals surface area contributed by atoms with E-state index in [4.69, 9.17) is 5.73 Å². The first-order valence-electron chi connectivity index (χ1n) is 5.94. The smallest absolute Gasteiger partial charge is 0.128 e. The van der Waals surface area contributed by atoms with Gasteiger partial charge in [0.15, 0.2) is 0 Å². The third-order valence-electron chi connectivity index (χ3n) is 3.72. The molecule has 1 aromatic rings. The summed E-state index contributed by atoms with van der Waals surface area (Å²) in [5, 5.41) is 0. The van der Waals surface area contributed by atoms with Gasteiger partial charge in [-0.05, 0) is 40.7 Å². The molecule has 2 atom stereocenters. The van der Waals surface area contributed by atoms with Gasteiger partial charge in [0.05, 0.1) is 0 Å². The quantitative estimate of drug-likeness (QED) is 0.785. The lowest BCUT2D eigenvalue weighted by Crippen LogP contribution is -2.11. The van der Waals surface area contributed by atoms with Gasteiger partial charge < -0.3 is 5.73 Å². The molecule has 0 radical (unpaired) electrons. The van der Waals surface area contributed by atoms with E-state index < -0.39 is 0 Å². The molecule has 2 heteroatoms. The summed E-state index contributed by atoms with van der Waals surface area (Å²) >= 11 is 0. The number of rotatable bonds is 1. The van der Waals surface area contributed by atoms with E-state index in [2.05, 4.69) is 26.5 Å². The van der Waals surface area contributed by atoms with Crippen LogP contribution in [0.15, 0.2) is 24.8 Å². The zero-order valence-electron chi connectivity index (χ0n) is 10.3. The Hall–Kier alpha value is -1.41. The lowest BCUT2D eigenvalue weighted by Gasteiger charge is -2.23. The van der Waals surface area contributed by atoms with E-state index >= 15 is 0 Å². The largest absolute Gasteiger partial charge is 0.326 e. The Morgan fingerprint density at radius 2 is 2.06 bits per heavy atom. The standard InChI is InChI=1S/C15H18FN/c1-9-4-5-12-6-13(11(3)10(9)2)7-15(16)14(12)8-17/h4-7,9-10H,3,8,17H2,1-2H3/b5-4+/t9?,10-/m0/s1. The van der Waals surface area contributed by atoms with Crippen molar-refractivity contribution < 1.29 is 4.39 Å². The zero-order valence-corrected chi connectivity index (χ0v) is 10.3. The lowest BCUT2D eigenvalue weighted by atomic mass is 9.82. The monoisotopic (exact) mass is 231 g/mol. The average Bonchev–Trinajstić information content (AvgIpc) is 2.32. The molecular weight excluding hydrogens is 213 g/mol. The van der Waals surface area contributed by atoms with E-state index in [0.717, 1.165) is 16.7 Å². The van der Waals surface area contributed by atoms with E-state index in [1.807, 2.05) is 12.1 Å². The number of benzene rings is 1. The van der Waals surface area contributed by atoms with Crippen molar-refractivity contribution in [1.82, 2.24) is 0 Å². The minimum atomic E-state index is -0.229. The number of fused-ring (bicyclic) bond motifs is 2. The second kappa shape index (κ2) is 4.46. The first kappa shape index (κ1) is 12.1. The van der Waals surface area contributed by atoms with E-state index in [9.17, 15) is 4.39 Å². The minimum absolute atomic E-state index is 0.224. The fourth-order valence-corrected chi connectivity index (χ4v) is 2.21. The summed E-state index contributed by atoms with van der Waals surface area (Å²) in [7, 11) is 0. The molecule has 90 valence electrons.